The summed E-state index contributed by atoms with van der Waals surface area (Å²) in [6.07, 6.45) is 7.62. The third-order valence-corrected chi connectivity index (χ3v) is 4.64. The van der Waals surface area contributed by atoms with Crippen molar-refractivity contribution in [2.45, 2.75) is 38.5 Å². The van der Waals surface area contributed by atoms with Crippen molar-refractivity contribution < 1.29 is 4.79 Å². The van der Waals surface area contributed by atoms with E-state index in [2.05, 4.69) is 4.90 Å². The summed E-state index contributed by atoms with van der Waals surface area (Å²) >= 11 is 0. The predicted molar refractivity (Wildman–Crippen MR) is 59.6 cm³/mol. The molecule has 0 radical (unpaired) electrons. The Labute approximate surface area is 92.0 Å². The lowest BCUT2D eigenvalue weighted by molar-refractivity contribution is -0.129. The van der Waals surface area contributed by atoms with Crippen molar-refractivity contribution in [3.8, 4) is 0 Å². The van der Waals surface area contributed by atoms with Gasteiger partial charge in [-0.05, 0) is 57.5 Å². The first-order valence-electron chi connectivity index (χ1n) is 6.59. The van der Waals surface area contributed by atoms with Crippen molar-refractivity contribution in [2.75, 3.05) is 19.6 Å². The summed E-state index contributed by atoms with van der Waals surface area (Å²) in [7, 11) is 0. The Morgan fingerprint density at radius 1 is 1.13 bits per heavy atom. The van der Waals surface area contributed by atoms with Crippen LogP contribution in [0.5, 0.6) is 0 Å². The zero-order valence-electron chi connectivity index (χ0n) is 9.45. The zero-order chi connectivity index (χ0) is 10.3. The van der Waals surface area contributed by atoms with Gasteiger partial charge in [0.25, 0.3) is 0 Å². The largest absolute Gasteiger partial charge is 0.303 e. The van der Waals surface area contributed by atoms with Crippen molar-refractivity contribution in [3.63, 3.8) is 0 Å². The number of rotatable bonds is 2. The highest BCUT2D eigenvalue weighted by atomic mass is 16.1. The van der Waals surface area contributed by atoms with Gasteiger partial charge in [0.15, 0.2) is 0 Å². The predicted octanol–water partition coefficient (Wildman–Crippen LogP) is 2.09. The van der Waals surface area contributed by atoms with E-state index in [1.165, 1.54) is 51.6 Å². The minimum atomic E-state index is 0.398. The average molecular weight is 207 g/mol. The number of hydrogen-bond donors (Lipinski definition) is 0. The van der Waals surface area contributed by atoms with E-state index in [-0.39, 0.29) is 0 Å². The maximum absolute atomic E-state index is 12.1. The fraction of sp³-hybridized carbons (Fsp3) is 0.923. The fourth-order valence-corrected chi connectivity index (χ4v) is 3.84. The number of carbonyl (C=O) groups is 1. The molecule has 1 saturated heterocycles. The van der Waals surface area contributed by atoms with Gasteiger partial charge in [-0.2, -0.15) is 0 Å². The maximum atomic E-state index is 12.1. The van der Waals surface area contributed by atoms with Crippen molar-refractivity contribution in [2.24, 2.45) is 17.8 Å². The van der Waals surface area contributed by atoms with Gasteiger partial charge < -0.3 is 4.90 Å². The summed E-state index contributed by atoms with van der Waals surface area (Å²) in [5.41, 5.74) is 0. The van der Waals surface area contributed by atoms with Crippen molar-refractivity contribution in [3.05, 3.63) is 0 Å². The second kappa shape index (κ2) is 3.89. The first kappa shape index (κ1) is 9.83. The van der Waals surface area contributed by atoms with Crippen LogP contribution >= 0.6 is 0 Å². The highest BCUT2D eigenvalue weighted by Crippen LogP contribution is 2.42. The number of nitrogens with zero attached hydrogens (tertiary/aromatic N) is 1. The molecule has 2 saturated carbocycles. The van der Waals surface area contributed by atoms with E-state index < -0.39 is 0 Å². The van der Waals surface area contributed by atoms with Crippen LogP contribution in [0.25, 0.3) is 0 Å². The number of likely N-dealkylation sites (tertiary alicyclic amines) is 1. The molecule has 3 unspecified atom stereocenters. The average Bonchev–Trinajstić information content (AvgIpc) is 2.84. The Morgan fingerprint density at radius 3 is 2.73 bits per heavy atom. The molecule has 0 aromatic carbocycles. The number of ketones is 1. The van der Waals surface area contributed by atoms with Gasteiger partial charge in [0.05, 0.1) is 0 Å². The van der Waals surface area contributed by atoms with E-state index in [0.717, 1.165) is 12.5 Å². The maximum Gasteiger partial charge on any atom is 0.140 e. The molecule has 3 aliphatic rings. The van der Waals surface area contributed by atoms with Crippen LogP contribution < -0.4 is 0 Å². The molecule has 0 spiro atoms. The minimum Gasteiger partial charge on any atom is -0.303 e. The van der Waals surface area contributed by atoms with Gasteiger partial charge in [0.1, 0.15) is 5.78 Å². The molecule has 2 heteroatoms. The summed E-state index contributed by atoms with van der Waals surface area (Å²) < 4.78 is 0. The van der Waals surface area contributed by atoms with E-state index >= 15 is 0 Å². The molecule has 1 aliphatic heterocycles. The summed E-state index contributed by atoms with van der Waals surface area (Å²) in [6.45, 7) is 3.55. The molecule has 2 bridgehead atoms. The van der Waals surface area contributed by atoms with Crippen LogP contribution in [0.3, 0.4) is 0 Å². The Morgan fingerprint density at radius 2 is 1.93 bits per heavy atom. The summed E-state index contributed by atoms with van der Waals surface area (Å²) in [6, 6.07) is 0. The Hall–Kier alpha value is -0.370. The van der Waals surface area contributed by atoms with E-state index in [0.29, 0.717) is 17.6 Å². The van der Waals surface area contributed by atoms with Gasteiger partial charge in [0, 0.05) is 18.4 Å². The molecule has 3 fully saturated rings. The normalized spacial score (nSPS) is 41.3. The van der Waals surface area contributed by atoms with Gasteiger partial charge in [0.2, 0.25) is 0 Å². The monoisotopic (exact) mass is 207 g/mol. The number of carbonyl (C=O) groups excluding carboxylic acids is 1. The van der Waals surface area contributed by atoms with Crippen LogP contribution in [-0.4, -0.2) is 30.3 Å². The first-order chi connectivity index (χ1) is 7.33. The van der Waals surface area contributed by atoms with Crippen LogP contribution in [0.15, 0.2) is 0 Å². The van der Waals surface area contributed by atoms with Crippen LogP contribution in [0.4, 0.5) is 0 Å². The van der Waals surface area contributed by atoms with Crippen molar-refractivity contribution in [1.29, 1.82) is 0 Å². The molecular formula is C13H21NO. The van der Waals surface area contributed by atoms with Gasteiger partial charge in [-0.25, -0.2) is 0 Å². The smallest absolute Gasteiger partial charge is 0.140 e. The van der Waals surface area contributed by atoms with Crippen molar-refractivity contribution >= 4 is 5.78 Å². The van der Waals surface area contributed by atoms with E-state index in [1.807, 2.05) is 0 Å². The molecule has 3 atom stereocenters. The lowest BCUT2D eigenvalue weighted by atomic mass is 9.79. The highest BCUT2D eigenvalue weighted by molar-refractivity contribution is 5.84. The fourth-order valence-electron chi connectivity index (χ4n) is 3.84. The molecule has 2 aliphatic carbocycles. The molecular weight excluding hydrogens is 186 g/mol. The second-order valence-corrected chi connectivity index (χ2v) is 5.72. The number of Topliss-reactive ketones (excluding diaryl/α,β-unsaturated/α-hetero) is 1. The van der Waals surface area contributed by atoms with Crippen LogP contribution in [0.1, 0.15) is 38.5 Å². The highest BCUT2D eigenvalue weighted by Gasteiger charge is 2.41. The molecule has 0 aromatic heterocycles. The van der Waals surface area contributed by atoms with E-state index in [4.69, 9.17) is 0 Å². The molecule has 3 rings (SSSR count). The Bertz CT molecular complexity index is 257. The van der Waals surface area contributed by atoms with Gasteiger partial charge in [-0.15, -0.1) is 0 Å². The van der Waals surface area contributed by atoms with Gasteiger partial charge in [-0.3, -0.25) is 4.79 Å². The number of hydrogen-bond acceptors (Lipinski definition) is 2. The minimum absolute atomic E-state index is 0.398. The Kier molecular flexibility index (Phi) is 2.55. The zero-order valence-corrected chi connectivity index (χ0v) is 9.45. The topological polar surface area (TPSA) is 20.3 Å². The molecule has 2 nitrogen and oxygen atoms in total. The lowest BCUT2D eigenvalue weighted by Crippen LogP contribution is -2.36. The Balaban J connectivity index is 1.63. The quantitative estimate of drug-likeness (QED) is 0.691. The SMILES string of the molecule is O=C1C2CCC(C2)CC1CN1CCCC1. The second-order valence-electron chi connectivity index (χ2n) is 5.72. The first-order valence-corrected chi connectivity index (χ1v) is 6.59. The van der Waals surface area contributed by atoms with Crippen LogP contribution in [0.2, 0.25) is 0 Å². The molecule has 0 amide bonds. The standard InChI is InChI=1S/C13H21NO/c15-13-11-4-3-10(7-11)8-12(13)9-14-5-1-2-6-14/h10-12H,1-9H2. The summed E-state index contributed by atoms with van der Waals surface area (Å²) in [4.78, 5) is 14.7. The molecule has 0 N–H and O–H groups in total. The van der Waals surface area contributed by atoms with Gasteiger partial charge >= 0.3 is 0 Å². The third-order valence-electron chi connectivity index (χ3n) is 4.64. The van der Waals surface area contributed by atoms with E-state index in [1.54, 1.807) is 0 Å². The number of fused-ring (bicyclic) bond motifs is 2. The van der Waals surface area contributed by atoms with E-state index in [9.17, 15) is 4.79 Å². The lowest BCUT2D eigenvalue weighted by Gasteiger charge is -2.29. The summed E-state index contributed by atoms with van der Waals surface area (Å²) in [5.74, 6) is 2.35. The molecule has 0 aromatic rings. The van der Waals surface area contributed by atoms with Crippen LogP contribution in [-0.2, 0) is 4.79 Å². The molecule has 1 heterocycles. The van der Waals surface area contributed by atoms with Crippen LogP contribution in [0, 0.1) is 17.8 Å². The molecule has 84 valence electrons. The summed E-state index contributed by atoms with van der Waals surface area (Å²) in [5, 5.41) is 0. The van der Waals surface area contributed by atoms with Gasteiger partial charge in [-0.1, -0.05) is 0 Å². The molecule has 15 heavy (non-hydrogen) atoms. The van der Waals surface area contributed by atoms with Crippen molar-refractivity contribution in [1.82, 2.24) is 4.90 Å². The third kappa shape index (κ3) is 1.84.